The predicted octanol–water partition coefficient (Wildman–Crippen LogP) is 8.21. The quantitative estimate of drug-likeness (QED) is 0.286. The maximum absolute atomic E-state index is 6.04. The van der Waals surface area contributed by atoms with Crippen LogP contribution >= 0.6 is 0 Å². The van der Waals surface area contributed by atoms with E-state index in [-0.39, 0.29) is 5.41 Å². The first kappa shape index (κ1) is 21.4. The van der Waals surface area contributed by atoms with E-state index in [9.17, 15) is 0 Å². The highest BCUT2D eigenvalue weighted by Crippen LogP contribution is 2.36. The summed E-state index contributed by atoms with van der Waals surface area (Å²) in [6.07, 6.45) is 4.56. The monoisotopic (exact) mass is 434 g/mol. The van der Waals surface area contributed by atoms with Crippen LogP contribution < -0.4 is 0 Å². The van der Waals surface area contributed by atoms with Gasteiger partial charge in [0.1, 0.15) is 11.9 Å². The molecule has 0 N–H and O–H groups in total. The van der Waals surface area contributed by atoms with Crippen LogP contribution in [0.15, 0.2) is 77.7 Å². The van der Waals surface area contributed by atoms with Crippen molar-refractivity contribution < 1.29 is 4.42 Å². The normalized spacial score (nSPS) is 12.2. The molecular formula is C30H30N2O. The zero-order valence-electron chi connectivity index (χ0n) is 20.0. The zero-order chi connectivity index (χ0) is 23.2. The van der Waals surface area contributed by atoms with Crippen molar-refractivity contribution in [3.63, 3.8) is 0 Å². The van der Waals surface area contributed by atoms with Crippen molar-refractivity contribution >= 4 is 21.7 Å². The molecule has 2 aromatic heterocycles. The van der Waals surface area contributed by atoms with E-state index in [0.717, 1.165) is 34.5 Å². The Bertz CT molecular complexity index is 1450. The lowest BCUT2D eigenvalue weighted by Crippen LogP contribution is -2.12. The van der Waals surface area contributed by atoms with Crippen LogP contribution in [0, 0.1) is 5.92 Å². The molecule has 0 unspecified atom stereocenters. The molecule has 166 valence electrons. The molecule has 33 heavy (non-hydrogen) atoms. The van der Waals surface area contributed by atoms with Gasteiger partial charge in [-0.3, -0.25) is 0 Å². The fourth-order valence-corrected chi connectivity index (χ4v) is 4.65. The average Bonchev–Trinajstić information content (AvgIpc) is 3.20. The van der Waals surface area contributed by atoms with Crippen molar-refractivity contribution in [3.8, 4) is 22.5 Å². The lowest BCUT2D eigenvalue weighted by atomic mass is 9.82. The SMILES string of the molecule is CC(C)Cc1coc2c(-c3cc(-c4cc(C(C)(C)C)c5ccccc5c4)ncn3)cccc12. The number of benzene rings is 3. The lowest BCUT2D eigenvalue weighted by Gasteiger charge is -2.22. The molecule has 0 aliphatic rings. The smallest absolute Gasteiger partial charge is 0.143 e. The summed E-state index contributed by atoms with van der Waals surface area (Å²) >= 11 is 0. The van der Waals surface area contributed by atoms with Crippen LogP contribution in [-0.2, 0) is 11.8 Å². The van der Waals surface area contributed by atoms with E-state index < -0.39 is 0 Å². The standard InChI is InChI=1S/C30H30N2O/c1-19(2)13-22-17-33-29-24(22)11-8-12-25(29)28-16-27(31-18-32-28)21-14-20-9-6-7-10-23(20)26(15-21)30(3,4)5/h6-12,14-19H,13H2,1-5H3. The van der Waals surface area contributed by atoms with Crippen molar-refractivity contribution in [2.45, 2.75) is 46.5 Å². The van der Waals surface area contributed by atoms with Crippen LogP contribution in [0.3, 0.4) is 0 Å². The third kappa shape index (κ3) is 4.04. The van der Waals surface area contributed by atoms with Crippen molar-refractivity contribution in [1.82, 2.24) is 9.97 Å². The zero-order valence-corrected chi connectivity index (χ0v) is 20.0. The molecule has 3 heteroatoms. The highest BCUT2D eigenvalue weighted by Gasteiger charge is 2.19. The molecule has 0 aliphatic carbocycles. The minimum absolute atomic E-state index is 0.0258. The number of hydrogen-bond donors (Lipinski definition) is 0. The van der Waals surface area contributed by atoms with E-state index in [1.807, 2.05) is 6.26 Å². The first-order valence-electron chi connectivity index (χ1n) is 11.7. The Balaban J connectivity index is 1.64. The van der Waals surface area contributed by atoms with E-state index >= 15 is 0 Å². The van der Waals surface area contributed by atoms with Gasteiger partial charge in [-0.05, 0) is 63.9 Å². The van der Waals surface area contributed by atoms with Crippen LogP contribution in [0.1, 0.15) is 45.7 Å². The molecule has 0 aliphatic heterocycles. The van der Waals surface area contributed by atoms with Gasteiger partial charge in [0, 0.05) is 16.5 Å². The molecule has 3 nitrogen and oxygen atoms in total. The second-order valence-corrected chi connectivity index (χ2v) is 10.3. The molecule has 0 saturated heterocycles. The molecule has 0 bridgehead atoms. The van der Waals surface area contributed by atoms with Gasteiger partial charge in [0.15, 0.2) is 0 Å². The van der Waals surface area contributed by atoms with Crippen molar-refractivity contribution in [1.29, 1.82) is 0 Å². The second kappa shape index (κ2) is 8.15. The van der Waals surface area contributed by atoms with Gasteiger partial charge in [-0.1, -0.05) is 71.0 Å². The number of hydrogen-bond acceptors (Lipinski definition) is 3. The molecular weight excluding hydrogens is 404 g/mol. The van der Waals surface area contributed by atoms with Crippen LogP contribution in [0.2, 0.25) is 0 Å². The minimum Gasteiger partial charge on any atom is -0.463 e. The van der Waals surface area contributed by atoms with E-state index in [2.05, 4.69) is 105 Å². The topological polar surface area (TPSA) is 38.9 Å². The molecule has 3 aromatic carbocycles. The summed E-state index contributed by atoms with van der Waals surface area (Å²) in [5, 5.41) is 3.69. The molecule has 0 fully saturated rings. The minimum atomic E-state index is 0.0258. The Labute approximate surface area is 195 Å². The summed E-state index contributed by atoms with van der Waals surface area (Å²) in [6, 6.07) is 21.5. The molecule has 0 radical (unpaired) electrons. The fraction of sp³-hybridized carbons (Fsp3) is 0.267. The molecule has 0 amide bonds. The summed E-state index contributed by atoms with van der Waals surface area (Å²) in [6.45, 7) is 11.2. The summed E-state index contributed by atoms with van der Waals surface area (Å²) in [4.78, 5) is 9.27. The predicted molar refractivity (Wildman–Crippen MR) is 137 cm³/mol. The molecule has 0 atom stereocenters. The molecule has 2 heterocycles. The molecule has 5 rings (SSSR count). The van der Waals surface area contributed by atoms with Crippen molar-refractivity contribution in [2.24, 2.45) is 5.92 Å². The Hall–Kier alpha value is -3.46. The Morgan fingerprint density at radius 2 is 1.61 bits per heavy atom. The van der Waals surface area contributed by atoms with Gasteiger partial charge >= 0.3 is 0 Å². The summed E-state index contributed by atoms with van der Waals surface area (Å²) < 4.78 is 6.04. The number of fused-ring (bicyclic) bond motifs is 2. The van der Waals surface area contributed by atoms with E-state index in [4.69, 9.17) is 4.42 Å². The number of nitrogens with zero attached hydrogens (tertiary/aromatic N) is 2. The van der Waals surface area contributed by atoms with Gasteiger partial charge in [0.05, 0.1) is 17.7 Å². The lowest BCUT2D eigenvalue weighted by molar-refractivity contribution is 0.594. The van der Waals surface area contributed by atoms with Crippen molar-refractivity contribution in [3.05, 3.63) is 84.4 Å². The Kier molecular flexibility index (Phi) is 5.28. The largest absolute Gasteiger partial charge is 0.463 e. The third-order valence-electron chi connectivity index (χ3n) is 6.22. The maximum atomic E-state index is 6.04. The molecule has 0 saturated carbocycles. The summed E-state index contributed by atoms with van der Waals surface area (Å²) in [5.74, 6) is 0.574. The number of furan rings is 1. The first-order chi connectivity index (χ1) is 15.8. The van der Waals surface area contributed by atoms with Gasteiger partial charge < -0.3 is 4.42 Å². The van der Waals surface area contributed by atoms with Crippen LogP contribution in [0.4, 0.5) is 0 Å². The number of rotatable bonds is 4. The van der Waals surface area contributed by atoms with Gasteiger partial charge in [0.25, 0.3) is 0 Å². The van der Waals surface area contributed by atoms with Gasteiger partial charge in [-0.2, -0.15) is 0 Å². The highest BCUT2D eigenvalue weighted by molar-refractivity contribution is 5.95. The van der Waals surface area contributed by atoms with Crippen LogP contribution in [0.5, 0.6) is 0 Å². The summed E-state index contributed by atoms with van der Waals surface area (Å²) in [7, 11) is 0. The Morgan fingerprint density at radius 3 is 2.39 bits per heavy atom. The first-order valence-corrected chi connectivity index (χ1v) is 11.7. The second-order valence-electron chi connectivity index (χ2n) is 10.3. The van der Waals surface area contributed by atoms with Gasteiger partial charge in [-0.25, -0.2) is 9.97 Å². The van der Waals surface area contributed by atoms with Crippen LogP contribution in [-0.4, -0.2) is 9.97 Å². The van der Waals surface area contributed by atoms with Crippen molar-refractivity contribution in [2.75, 3.05) is 0 Å². The average molecular weight is 435 g/mol. The highest BCUT2D eigenvalue weighted by atomic mass is 16.3. The summed E-state index contributed by atoms with van der Waals surface area (Å²) in [5.41, 5.74) is 7.40. The van der Waals surface area contributed by atoms with E-state index in [1.165, 1.54) is 27.3 Å². The van der Waals surface area contributed by atoms with Gasteiger partial charge in [-0.15, -0.1) is 0 Å². The third-order valence-corrected chi connectivity index (χ3v) is 6.22. The molecule has 0 spiro atoms. The van der Waals surface area contributed by atoms with Gasteiger partial charge in [0.2, 0.25) is 0 Å². The number of para-hydroxylation sites is 1. The Morgan fingerprint density at radius 1 is 0.848 bits per heavy atom. The van der Waals surface area contributed by atoms with E-state index in [0.29, 0.717) is 5.92 Å². The van der Waals surface area contributed by atoms with Crippen LogP contribution in [0.25, 0.3) is 44.3 Å². The molecule has 5 aromatic rings. The maximum Gasteiger partial charge on any atom is 0.143 e. The van der Waals surface area contributed by atoms with E-state index in [1.54, 1.807) is 6.33 Å². The fourth-order valence-electron chi connectivity index (χ4n) is 4.65. The number of aromatic nitrogens is 2.